The topological polar surface area (TPSA) is 75.3 Å². The average molecular weight is 388 g/mol. The van der Waals surface area contributed by atoms with Crippen molar-refractivity contribution in [1.82, 2.24) is 5.32 Å². The number of nitrogens with one attached hydrogen (secondary N) is 2. The first-order valence-corrected chi connectivity index (χ1v) is 9.42. The van der Waals surface area contributed by atoms with Crippen LogP contribution in [0.5, 0.6) is 0 Å². The fourth-order valence-corrected chi connectivity index (χ4v) is 3.05. The van der Waals surface area contributed by atoms with Gasteiger partial charge in [0.05, 0.1) is 5.75 Å². The zero-order valence-corrected chi connectivity index (χ0v) is 16.2. The van der Waals surface area contributed by atoms with Crippen LogP contribution in [-0.4, -0.2) is 29.9 Å². The van der Waals surface area contributed by atoms with Crippen LogP contribution in [0.3, 0.4) is 0 Å². The van der Waals surface area contributed by atoms with E-state index in [0.29, 0.717) is 28.3 Å². The number of Topliss-reactive ketones (excluding diaryl/α,β-unsaturated/α-hetero) is 1. The molecule has 0 unspecified atom stereocenters. The molecule has 2 N–H and O–H groups in total. The Morgan fingerprint density at radius 2 is 1.78 bits per heavy atom. The molecule has 0 aromatic heterocycles. The van der Waals surface area contributed by atoms with Gasteiger partial charge in [-0.3, -0.25) is 14.4 Å². The van der Waals surface area contributed by atoms with Crippen molar-refractivity contribution in [1.29, 1.82) is 0 Å². The molecule has 0 aliphatic heterocycles. The van der Waals surface area contributed by atoms with E-state index in [1.54, 1.807) is 18.2 Å². The standard InChI is InChI=1S/C20H21FN2O3S/c1-4-22-20(26)15-6-5-12(2)17(10-15)23-19(25)11-27-18-8-7-14(13(3)24)9-16(18)21/h5-10H,4,11H2,1-3H3,(H,22,26)(H,23,25). The highest BCUT2D eigenvalue weighted by atomic mass is 32.2. The van der Waals surface area contributed by atoms with Gasteiger partial charge < -0.3 is 10.6 Å². The number of aryl methyl sites for hydroxylation is 1. The number of rotatable bonds is 7. The lowest BCUT2D eigenvalue weighted by Gasteiger charge is -2.11. The number of amides is 2. The van der Waals surface area contributed by atoms with Gasteiger partial charge in [-0.2, -0.15) is 0 Å². The van der Waals surface area contributed by atoms with Crippen LogP contribution in [0, 0.1) is 12.7 Å². The maximum atomic E-state index is 14.0. The Balaban J connectivity index is 2.03. The molecule has 2 aromatic carbocycles. The Labute approximate surface area is 161 Å². The summed E-state index contributed by atoms with van der Waals surface area (Å²) in [5, 5.41) is 5.46. The van der Waals surface area contributed by atoms with Crippen LogP contribution < -0.4 is 10.6 Å². The van der Waals surface area contributed by atoms with Crippen molar-refractivity contribution in [3.8, 4) is 0 Å². The minimum Gasteiger partial charge on any atom is -0.352 e. The number of carbonyl (C=O) groups is 3. The molecule has 0 bridgehead atoms. The van der Waals surface area contributed by atoms with Gasteiger partial charge >= 0.3 is 0 Å². The SMILES string of the molecule is CCNC(=O)c1ccc(C)c(NC(=O)CSc2ccc(C(C)=O)cc2F)c1. The van der Waals surface area contributed by atoms with Crippen molar-refractivity contribution in [3.63, 3.8) is 0 Å². The molecule has 0 aliphatic carbocycles. The van der Waals surface area contributed by atoms with E-state index >= 15 is 0 Å². The predicted molar refractivity (Wildman–Crippen MR) is 105 cm³/mol. The van der Waals surface area contributed by atoms with E-state index in [1.807, 2.05) is 13.8 Å². The van der Waals surface area contributed by atoms with Gasteiger partial charge in [-0.1, -0.05) is 12.1 Å². The van der Waals surface area contributed by atoms with Gasteiger partial charge in [0.2, 0.25) is 5.91 Å². The molecule has 5 nitrogen and oxygen atoms in total. The maximum absolute atomic E-state index is 14.0. The number of thioether (sulfide) groups is 1. The first-order valence-electron chi connectivity index (χ1n) is 8.43. The molecule has 27 heavy (non-hydrogen) atoms. The van der Waals surface area contributed by atoms with Crippen molar-refractivity contribution < 1.29 is 18.8 Å². The summed E-state index contributed by atoms with van der Waals surface area (Å²) in [5.41, 5.74) is 2.10. The molecule has 0 radical (unpaired) electrons. The van der Waals surface area contributed by atoms with Crippen LogP contribution in [0.2, 0.25) is 0 Å². The quantitative estimate of drug-likeness (QED) is 0.559. The second-order valence-corrected chi connectivity index (χ2v) is 6.94. The number of halogens is 1. The Morgan fingerprint density at radius 3 is 2.41 bits per heavy atom. The maximum Gasteiger partial charge on any atom is 0.251 e. The Morgan fingerprint density at radius 1 is 1.07 bits per heavy atom. The van der Waals surface area contributed by atoms with Gasteiger partial charge in [-0.05, 0) is 50.6 Å². The molecule has 2 amide bonds. The summed E-state index contributed by atoms with van der Waals surface area (Å²) in [6, 6.07) is 9.26. The molecule has 0 heterocycles. The van der Waals surface area contributed by atoms with Gasteiger partial charge in [0.1, 0.15) is 5.82 Å². The fourth-order valence-electron chi connectivity index (χ4n) is 2.33. The van der Waals surface area contributed by atoms with E-state index in [9.17, 15) is 18.8 Å². The van der Waals surface area contributed by atoms with Gasteiger partial charge in [-0.15, -0.1) is 11.8 Å². The van der Waals surface area contributed by atoms with Gasteiger partial charge in [0, 0.05) is 28.3 Å². The van der Waals surface area contributed by atoms with Crippen LogP contribution in [0.4, 0.5) is 10.1 Å². The normalized spacial score (nSPS) is 10.4. The summed E-state index contributed by atoms with van der Waals surface area (Å²) in [6.07, 6.45) is 0. The Kier molecular flexibility index (Phi) is 7.12. The molecular weight excluding hydrogens is 367 g/mol. The van der Waals surface area contributed by atoms with E-state index in [2.05, 4.69) is 10.6 Å². The van der Waals surface area contributed by atoms with E-state index < -0.39 is 5.82 Å². The molecule has 2 rings (SSSR count). The lowest BCUT2D eigenvalue weighted by molar-refractivity contribution is -0.113. The number of carbonyl (C=O) groups excluding carboxylic acids is 3. The smallest absolute Gasteiger partial charge is 0.251 e. The fraction of sp³-hybridized carbons (Fsp3) is 0.250. The summed E-state index contributed by atoms with van der Waals surface area (Å²) < 4.78 is 14.0. The van der Waals surface area contributed by atoms with Crippen LogP contribution in [0.1, 0.15) is 40.1 Å². The van der Waals surface area contributed by atoms with Crippen LogP contribution >= 0.6 is 11.8 Å². The number of anilines is 1. The van der Waals surface area contributed by atoms with Crippen molar-refractivity contribution in [2.24, 2.45) is 0 Å². The number of benzene rings is 2. The minimum atomic E-state index is -0.532. The predicted octanol–water partition coefficient (Wildman–Crippen LogP) is 3.82. The highest BCUT2D eigenvalue weighted by Gasteiger charge is 2.12. The third-order valence-corrected chi connectivity index (χ3v) is 4.86. The van der Waals surface area contributed by atoms with Crippen molar-refractivity contribution >= 4 is 35.0 Å². The van der Waals surface area contributed by atoms with Gasteiger partial charge in [0.15, 0.2) is 5.78 Å². The minimum absolute atomic E-state index is 0.00115. The largest absolute Gasteiger partial charge is 0.352 e. The summed E-state index contributed by atoms with van der Waals surface area (Å²) in [4.78, 5) is 35.7. The molecule has 0 saturated heterocycles. The third-order valence-electron chi connectivity index (χ3n) is 3.81. The van der Waals surface area contributed by atoms with E-state index in [1.165, 1.54) is 25.1 Å². The first kappa shape index (κ1) is 20.6. The molecule has 142 valence electrons. The Bertz CT molecular complexity index is 884. The zero-order valence-electron chi connectivity index (χ0n) is 15.4. The third kappa shape index (κ3) is 5.65. The number of hydrogen-bond acceptors (Lipinski definition) is 4. The molecular formula is C20H21FN2O3S. The average Bonchev–Trinajstić information content (AvgIpc) is 2.62. The van der Waals surface area contributed by atoms with Gasteiger partial charge in [0.25, 0.3) is 5.91 Å². The van der Waals surface area contributed by atoms with Crippen molar-refractivity contribution in [2.75, 3.05) is 17.6 Å². The van der Waals surface area contributed by atoms with Crippen LogP contribution in [-0.2, 0) is 4.79 Å². The molecule has 0 atom stereocenters. The molecule has 7 heteroatoms. The van der Waals surface area contributed by atoms with Crippen molar-refractivity contribution in [3.05, 3.63) is 58.9 Å². The zero-order chi connectivity index (χ0) is 20.0. The van der Waals surface area contributed by atoms with E-state index in [-0.39, 0.29) is 23.4 Å². The lowest BCUT2D eigenvalue weighted by Crippen LogP contribution is -2.23. The highest BCUT2D eigenvalue weighted by Crippen LogP contribution is 2.24. The number of ketones is 1. The molecule has 0 saturated carbocycles. The second kappa shape index (κ2) is 9.32. The van der Waals surface area contributed by atoms with Crippen molar-refractivity contribution in [2.45, 2.75) is 25.7 Å². The molecule has 0 aliphatic rings. The van der Waals surface area contributed by atoms with Crippen LogP contribution in [0.25, 0.3) is 0 Å². The van der Waals surface area contributed by atoms with E-state index in [0.717, 1.165) is 17.3 Å². The summed E-state index contributed by atoms with van der Waals surface area (Å²) in [6.45, 7) is 5.53. The summed E-state index contributed by atoms with van der Waals surface area (Å²) >= 11 is 1.04. The summed E-state index contributed by atoms with van der Waals surface area (Å²) in [7, 11) is 0. The summed E-state index contributed by atoms with van der Waals surface area (Å²) in [5.74, 6) is -1.27. The molecule has 2 aromatic rings. The number of hydrogen-bond donors (Lipinski definition) is 2. The second-order valence-electron chi connectivity index (χ2n) is 5.93. The highest BCUT2D eigenvalue weighted by molar-refractivity contribution is 8.00. The lowest BCUT2D eigenvalue weighted by atomic mass is 10.1. The first-order chi connectivity index (χ1) is 12.8. The molecule has 0 fully saturated rings. The monoisotopic (exact) mass is 388 g/mol. The molecule has 0 spiro atoms. The van der Waals surface area contributed by atoms with E-state index in [4.69, 9.17) is 0 Å². The Hall–Kier alpha value is -2.67. The van der Waals surface area contributed by atoms with Crippen LogP contribution in [0.15, 0.2) is 41.3 Å². The van der Waals surface area contributed by atoms with Gasteiger partial charge in [-0.25, -0.2) is 4.39 Å².